The highest BCUT2D eigenvalue weighted by molar-refractivity contribution is 6.43. The maximum atomic E-state index is 17.1. The molecule has 9 nitrogen and oxygen atoms in total. The van der Waals surface area contributed by atoms with E-state index in [2.05, 4.69) is 27.0 Å². The van der Waals surface area contributed by atoms with E-state index in [-0.39, 0.29) is 59.6 Å². The number of rotatable bonds is 9. The molecule has 0 radical (unpaired) electrons. The van der Waals surface area contributed by atoms with Crippen LogP contribution in [-0.4, -0.2) is 50.6 Å². The molecule has 256 valence electrons. The van der Waals surface area contributed by atoms with Gasteiger partial charge in [0, 0.05) is 71.2 Å². The van der Waals surface area contributed by atoms with Crippen LogP contribution in [-0.2, 0) is 22.6 Å². The molecule has 12 heteroatoms. The van der Waals surface area contributed by atoms with E-state index in [1.54, 1.807) is 24.4 Å². The van der Waals surface area contributed by atoms with Crippen LogP contribution in [0.5, 0.6) is 0 Å². The van der Waals surface area contributed by atoms with Gasteiger partial charge in [0.05, 0.1) is 46.0 Å². The van der Waals surface area contributed by atoms with Crippen molar-refractivity contribution in [2.45, 2.75) is 76.3 Å². The normalized spacial score (nSPS) is 24.3. The monoisotopic (exact) mass is 712 g/mol. The molecule has 2 saturated carbocycles. The minimum Gasteiger partial charge on any atom is -0.446 e. The Hall–Kier alpha value is -4.01. The maximum absolute atomic E-state index is 17.1. The lowest BCUT2D eigenvalue weighted by Crippen LogP contribution is -2.41. The summed E-state index contributed by atoms with van der Waals surface area (Å²) in [6, 6.07) is 11.8. The van der Waals surface area contributed by atoms with Crippen molar-refractivity contribution in [3.63, 3.8) is 0 Å². The van der Waals surface area contributed by atoms with Crippen molar-refractivity contribution in [3.05, 3.63) is 81.5 Å². The van der Waals surface area contributed by atoms with E-state index >= 15 is 4.39 Å². The van der Waals surface area contributed by atoms with Crippen LogP contribution in [0.2, 0.25) is 10.0 Å². The maximum Gasteiger partial charge on any atom is 0.226 e. The third-order valence-electron chi connectivity index (χ3n) is 11.2. The largest absolute Gasteiger partial charge is 0.446 e. The second-order valence-electron chi connectivity index (χ2n) is 14.2. The molecular formula is C38H35Cl2FN6O3. The van der Waals surface area contributed by atoms with Gasteiger partial charge in [-0.2, -0.15) is 5.26 Å². The average molecular weight is 714 g/mol. The molecule has 6 heterocycles. The number of likely N-dealkylation sites (tertiary alicyclic amines) is 1. The van der Waals surface area contributed by atoms with Crippen LogP contribution >= 0.6 is 23.2 Å². The van der Waals surface area contributed by atoms with Gasteiger partial charge in [0.2, 0.25) is 5.91 Å². The van der Waals surface area contributed by atoms with Gasteiger partial charge in [-0.05, 0) is 62.3 Å². The summed E-state index contributed by atoms with van der Waals surface area (Å²) in [5.74, 6) is 0.779. The lowest BCUT2D eigenvalue weighted by Gasteiger charge is -2.39. The summed E-state index contributed by atoms with van der Waals surface area (Å²) in [4.78, 5) is 24.8. The Bertz CT molecular complexity index is 2200. The molecule has 10 rings (SSSR count). The van der Waals surface area contributed by atoms with E-state index in [1.807, 2.05) is 17.9 Å². The Kier molecular flexibility index (Phi) is 7.88. The number of hydrogen-bond acceptors (Lipinski definition) is 7. The number of nitrogens with one attached hydrogen (secondary N) is 1. The first-order chi connectivity index (χ1) is 24.3. The number of amides is 1. The van der Waals surface area contributed by atoms with Crippen molar-refractivity contribution in [1.29, 1.82) is 5.26 Å². The van der Waals surface area contributed by atoms with Gasteiger partial charge >= 0.3 is 0 Å². The highest BCUT2D eigenvalue weighted by Crippen LogP contribution is 2.51. The van der Waals surface area contributed by atoms with Crippen LogP contribution in [0.15, 0.2) is 47.3 Å². The van der Waals surface area contributed by atoms with E-state index < -0.39 is 5.82 Å². The number of oxazole rings is 1. The van der Waals surface area contributed by atoms with Gasteiger partial charge in [0.1, 0.15) is 17.9 Å². The first kappa shape index (κ1) is 31.9. The molecule has 5 fully saturated rings. The molecular weight excluding hydrogens is 678 g/mol. The summed E-state index contributed by atoms with van der Waals surface area (Å²) in [5.41, 5.74) is 4.36. The van der Waals surface area contributed by atoms with Gasteiger partial charge in [0.25, 0.3) is 0 Å². The zero-order chi connectivity index (χ0) is 34.3. The summed E-state index contributed by atoms with van der Waals surface area (Å²) in [6.07, 6.45) is 6.89. The zero-order valence-corrected chi connectivity index (χ0v) is 29.0. The fourth-order valence-electron chi connectivity index (χ4n) is 8.62. The van der Waals surface area contributed by atoms with Gasteiger partial charge < -0.3 is 23.9 Å². The highest BCUT2D eigenvalue weighted by atomic mass is 35.5. The number of aromatic nitrogens is 3. The second kappa shape index (κ2) is 12.3. The Balaban J connectivity index is 1.25. The number of pyridine rings is 1. The third kappa shape index (κ3) is 5.12. The summed E-state index contributed by atoms with van der Waals surface area (Å²) < 4.78 is 31.3. The summed E-state index contributed by atoms with van der Waals surface area (Å²) in [5, 5.41) is 15.5. The van der Waals surface area contributed by atoms with Crippen LogP contribution in [0.3, 0.4) is 0 Å². The van der Waals surface area contributed by atoms with Crippen molar-refractivity contribution in [1.82, 2.24) is 24.8 Å². The van der Waals surface area contributed by atoms with Crippen molar-refractivity contribution in [2.24, 2.45) is 11.8 Å². The number of halogens is 3. The number of nitriles is 1. The summed E-state index contributed by atoms with van der Waals surface area (Å²) >= 11 is 13.1. The standard InChI is InChI=1S/C38H35Cl2FN6O3/c1-19-26-13-31(30-12-23(49-17-24-15-43-18-50-24)16-46(30)38(48)20-7-8-20)47(36-22-11-29(36)44-14-22)37(26)27-10-21(4-3-9-42)32(34(41)35(27)45-19)25-5-2-6-28(39)33(25)40/h2,5-6,10,13,15,18,20,22-23,29-30,36,44H,3-4,7-8,11-12,14,16-17H2,1H3/t22-,23+,29-,30-,36+/m1/s1. The van der Waals surface area contributed by atoms with Crippen LogP contribution in [0.4, 0.5) is 4.39 Å². The van der Waals surface area contributed by atoms with Crippen molar-refractivity contribution in [3.8, 4) is 17.2 Å². The molecule has 0 unspecified atom stereocenters. The van der Waals surface area contributed by atoms with E-state index in [4.69, 9.17) is 37.3 Å². The predicted molar refractivity (Wildman–Crippen MR) is 187 cm³/mol. The molecule has 2 aliphatic carbocycles. The fraction of sp³-hybridized carbons (Fsp3) is 0.421. The van der Waals surface area contributed by atoms with Crippen LogP contribution in [0, 0.1) is 35.9 Å². The highest BCUT2D eigenvalue weighted by Gasteiger charge is 2.51. The fourth-order valence-corrected chi connectivity index (χ4v) is 9.01. The van der Waals surface area contributed by atoms with E-state index in [9.17, 15) is 10.1 Å². The van der Waals surface area contributed by atoms with Gasteiger partial charge in [-0.3, -0.25) is 4.79 Å². The Morgan fingerprint density at radius 1 is 1.22 bits per heavy atom. The SMILES string of the molecule is Cc1nc2c(F)c(-c3cccc(Cl)c3Cl)c(CCC#N)cc2c2c1cc([C@H]1C[C@H](OCc3cnco3)CN1C(=O)C1CC1)n2[C@H]1[C@H]2CN[C@@H]1C2. The lowest BCUT2D eigenvalue weighted by molar-refractivity contribution is -0.134. The molecule has 5 aromatic rings. The first-order valence-electron chi connectivity index (χ1n) is 17.3. The minimum absolute atomic E-state index is 0.0441. The van der Waals surface area contributed by atoms with E-state index in [0.717, 1.165) is 42.4 Å². The Morgan fingerprint density at radius 2 is 2.08 bits per heavy atom. The summed E-state index contributed by atoms with van der Waals surface area (Å²) in [7, 11) is 0. The number of carbonyl (C=O) groups is 1. The molecule has 50 heavy (non-hydrogen) atoms. The average Bonchev–Trinajstić information content (AvgIpc) is 3.62. The topological polar surface area (TPSA) is 109 Å². The van der Waals surface area contributed by atoms with Crippen molar-refractivity contribution < 1.29 is 18.3 Å². The van der Waals surface area contributed by atoms with Crippen LogP contribution < -0.4 is 5.32 Å². The van der Waals surface area contributed by atoms with Crippen LogP contribution in [0.25, 0.3) is 32.9 Å². The van der Waals surface area contributed by atoms with Gasteiger partial charge in [-0.15, -0.1) is 0 Å². The number of ether oxygens (including phenoxy) is 1. The zero-order valence-electron chi connectivity index (χ0n) is 27.5. The molecule has 2 aromatic carbocycles. The summed E-state index contributed by atoms with van der Waals surface area (Å²) in [6.45, 7) is 3.59. The third-order valence-corrected chi connectivity index (χ3v) is 12.0. The first-order valence-corrected chi connectivity index (χ1v) is 18.1. The smallest absolute Gasteiger partial charge is 0.226 e. The van der Waals surface area contributed by atoms with E-state index in [1.165, 1.54) is 6.39 Å². The molecule has 3 aliphatic heterocycles. The molecule has 5 atom stereocenters. The second-order valence-corrected chi connectivity index (χ2v) is 15.0. The number of nitrogens with zero attached hydrogens (tertiary/aromatic N) is 5. The van der Waals surface area contributed by atoms with Crippen molar-refractivity contribution >= 4 is 50.9 Å². The Morgan fingerprint density at radius 3 is 2.80 bits per heavy atom. The molecule has 5 aliphatic rings. The number of benzene rings is 2. The van der Waals surface area contributed by atoms with Crippen LogP contribution in [0.1, 0.15) is 66.9 Å². The van der Waals surface area contributed by atoms with Gasteiger partial charge in [-0.25, -0.2) is 14.4 Å². The Labute approximate surface area is 298 Å². The van der Waals surface area contributed by atoms with Gasteiger partial charge in [-0.1, -0.05) is 35.3 Å². The molecule has 1 amide bonds. The van der Waals surface area contributed by atoms with Crippen molar-refractivity contribution in [2.75, 3.05) is 13.1 Å². The van der Waals surface area contributed by atoms with Gasteiger partial charge in [0.15, 0.2) is 12.2 Å². The number of hydrogen-bond donors (Lipinski definition) is 1. The molecule has 3 aromatic heterocycles. The molecule has 0 spiro atoms. The number of aryl methyl sites for hydroxylation is 2. The molecule has 2 bridgehead atoms. The number of carbonyl (C=O) groups excluding carboxylic acids is 1. The molecule has 1 N–H and O–H groups in total. The predicted octanol–water partition coefficient (Wildman–Crippen LogP) is 7.86. The number of fused-ring (bicyclic) bond motifs is 4. The quantitative estimate of drug-likeness (QED) is 0.166. The van der Waals surface area contributed by atoms with E-state index in [0.29, 0.717) is 63.9 Å². The molecule has 3 saturated heterocycles. The minimum atomic E-state index is -0.485. The lowest BCUT2D eigenvalue weighted by atomic mass is 9.79.